The maximum Gasteiger partial charge on any atom is 0.433 e. The Hall–Kier alpha value is -2.96. The van der Waals surface area contributed by atoms with Gasteiger partial charge in [-0.15, -0.1) is 0 Å². The van der Waals surface area contributed by atoms with Crippen LogP contribution < -0.4 is 0 Å². The van der Waals surface area contributed by atoms with Crippen molar-refractivity contribution in [2.75, 3.05) is 0 Å². The molecule has 2 aromatic rings. The maximum absolute atomic E-state index is 12.4. The molecule has 0 amide bonds. The monoisotopic (exact) mass is 329 g/mol. The fraction of sp³-hybridized carbons (Fsp3) is 0.294. The second-order valence-electron chi connectivity index (χ2n) is 5.64. The van der Waals surface area contributed by atoms with Gasteiger partial charge in [0.05, 0.1) is 6.07 Å². The number of carbonyl (C=O) groups is 2. The Kier molecular flexibility index (Phi) is 4.16. The number of esters is 1. The first-order valence-corrected chi connectivity index (χ1v) is 7.57. The molecular weight excluding hydrogens is 314 g/mol. The molecule has 1 aromatic carbocycles. The molecule has 0 saturated carbocycles. The van der Waals surface area contributed by atoms with Crippen LogP contribution in [-0.2, 0) is 17.6 Å². The number of Topliss-reactive ketones (excluding diaryl/α,β-unsaturated/α-hetero) is 1. The van der Waals surface area contributed by atoms with Crippen molar-refractivity contribution >= 4 is 17.6 Å². The van der Waals surface area contributed by atoms with Crippen molar-refractivity contribution in [3.8, 4) is 0 Å². The lowest BCUT2D eigenvalue weighted by molar-refractivity contribution is -0.402. The number of rotatable bonds is 5. The average molecular weight is 329 g/mol. The summed E-state index contributed by atoms with van der Waals surface area (Å²) < 4.78 is 9.83. The Balaban J connectivity index is 1.69. The van der Waals surface area contributed by atoms with Gasteiger partial charge in [0.2, 0.25) is 11.5 Å². The minimum Gasteiger partial charge on any atom is -0.448 e. The Morgan fingerprint density at radius 1 is 1.21 bits per heavy atom. The molecule has 1 atom stereocenters. The number of nitro groups is 1. The van der Waals surface area contributed by atoms with Gasteiger partial charge in [0.1, 0.15) is 4.92 Å². The van der Waals surface area contributed by atoms with E-state index in [1.807, 2.05) is 12.1 Å². The van der Waals surface area contributed by atoms with E-state index >= 15 is 0 Å². The molecule has 0 radical (unpaired) electrons. The normalized spacial score (nSPS) is 14.0. The fourth-order valence-electron chi connectivity index (χ4n) is 2.77. The van der Waals surface area contributed by atoms with Crippen LogP contribution in [0.5, 0.6) is 0 Å². The highest BCUT2D eigenvalue weighted by Gasteiger charge is 2.25. The minimum absolute atomic E-state index is 0.310. The van der Waals surface area contributed by atoms with Crippen molar-refractivity contribution in [1.29, 1.82) is 0 Å². The summed E-state index contributed by atoms with van der Waals surface area (Å²) in [6, 6.07) is 7.71. The van der Waals surface area contributed by atoms with Gasteiger partial charge in [0.25, 0.3) is 0 Å². The summed E-state index contributed by atoms with van der Waals surface area (Å²) in [6.45, 7) is 1.46. The predicted molar refractivity (Wildman–Crippen MR) is 83.0 cm³/mol. The van der Waals surface area contributed by atoms with Crippen LogP contribution in [0.3, 0.4) is 0 Å². The highest BCUT2D eigenvalue weighted by atomic mass is 16.7. The van der Waals surface area contributed by atoms with Gasteiger partial charge in [-0.1, -0.05) is 12.1 Å². The van der Waals surface area contributed by atoms with Crippen molar-refractivity contribution < 1.29 is 23.7 Å². The standard InChI is InChI=1S/C17H15NO6/c1-10(23-17(20)14-7-8-15(24-14)18(21)22)16(19)13-6-5-11-3-2-4-12(11)9-13/h5-10H,2-4H2,1H3/t10-/m1/s1. The van der Waals surface area contributed by atoms with Crippen LogP contribution >= 0.6 is 0 Å². The van der Waals surface area contributed by atoms with Gasteiger partial charge in [0, 0.05) is 5.56 Å². The van der Waals surface area contributed by atoms with Gasteiger partial charge in [-0.2, -0.15) is 0 Å². The topological polar surface area (TPSA) is 99.7 Å². The van der Waals surface area contributed by atoms with Crippen molar-refractivity contribution in [1.82, 2.24) is 0 Å². The number of ether oxygens (including phenoxy) is 1. The molecule has 1 aromatic heterocycles. The number of furan rings is 1. The van der Waals surface area contributed by atoms with E-state index < -0.39 is 22.9 Å². The minimum atomic E-state index is -1.01. The largest absolute Gasteiger partial charge is 0.448 e. The molecule has 24 heavy (non-hydrogen) atoms. The second kappa shape index (κ2) is 6.27. The molecule has 0 fully saturated rings. The number of nitrogens with zero attached hydrogens (tertiary/aromatic N) is 1. The van der Waals surface area contributed by atoms with E-state index in [2.05, 4.69) is 0 Å². The number of hydrogen-bond acceptors (Lipinski definition) is 6. The second-order valence-corrected chi connectivity index (χ2v) is 5.64. The third-order valence-corrected chi connectivity index (χ3v) is 4.01. The van der Waals surface area contributed by atoms with E-state index in [1.54, 1.807) is 6.07 Å². The van der Waals surface area contributed by atoms with Gasteiger partial charge in [0.15, 0.2) is 6.10 Å². The lowest BCUT2D eigenvalue weighted by Crippen LogP contribution is -2.24. The number of carbonyl (C=O) groups excluding carboxylic acids is 2. The van der Waals surface area contributed by atoms with Gasteiger partial charge in [-0.25, -0.2) is 4.79 Å². The Bertz CT molecular complexity index is 822. The zero-order valence-electron chi connectivity index (χ0n) is 13.0. The Morgan fingerprint density at radius 2 is 1.96 bits per heavy atom. The molecule has 7 heteroatoms. The van der Waals surface area contributed by atoms with E-state index in [-0.39, 0.29) is 11.5 Å². The summed E-state index contributed by atoms with van der Waals surface area (Å²) >= 11 is 0. The van der Waals surface area contributed by atoms with E-state index in [4.69, 9.17) is 9.15 Å². The van der Waals surface area contributed by atoms with E-state index in [0.29, 0.717) is 5.56 Å². The lowest BCUT2D eigenvalue weighted by atomic mass is 10.0. The number of fused-ring (bicyclic) bond motifs is 1. The fourth-order valence-corrected chi connectivity index (χ4v) is 2.77. The van der Waals surface area contributed by atoms with Crippen LogP contribution in [0, 0.1) is 10.1 Å². The van der Waals surface area contributed by atoms with Crippen molar-refractivity contribution in [3.63, 3.8) is 0 Å². The molecule has 0 bridgehead atoms. The number of ketones is 1. The van der Waals surface area contributed by atoms with E-state index in [9.17, 15) is 19.7 Å². The number of aryl methyl sites for hydroxylation is 2. The molecule has 0 aliphatic heterocycles. The van der Waals surface area contributed by atoms with Crippen LogP contribution in [0.1, 0.15) is 45.4 Å². The summed E-state index contributed by atoms with van der Waals surface area (Å²) in [5, 5.41) is 10.6. The summed E-state index contributed by atoms with van der Waals surface area (Å²) in [5.74, 6) is -2.10. The first-order chi connectivity index (χ1) is 11.5. The molecule has 0 saturated heterocycles. The van der Waals surface area contributed by atoms with Crippen LogP contribution in [0.15, 0.2) is 34.7 Å². The van der Waals surface area contributed by atoms with Gasteiger partial charge in [-0.3, -0.25) is 14.9 Å². The van der Waals surface area contributed by atoms with Crippen molar-refractivity contribution in [2.45, 2.75) is 32.3 Å². The molecule has 0 unspecified atom stereocenters. The van der Waals surface area contributed by atoms with E-state index in [1.165, 1.54) is 12.5 Å². The van der Waals surface area contributed by atoms with Crippen LogP contribution in [0.4, 0.5) is 5.88 Å². The highest BCUT2D eigenvalue weighted by molar-refractivity contribution is 6.01. The smallest absolute Gasteiger partial charge is 0.433 e. The SMILES string of the molecule is C[C@@H](OC(=O)c1ccc([N+](=O)[O-])o1)C(=O)c1ccc2c(c1)CCC2. The van der Waals surface area contributed by atoms with Crippen LogP contribution in [-0.4, -0.2) is 22.8 Å². The first-order valence-electron chi connectivity index (χ1n) is 7.57. The van der Waals surface area contributed by atoms with Gasteiger partial charge >= 0.3 is 11.9 Å². The lowest BCUT2D eigenvalue weighted by Gasteiger charge is -2.12. The molecule has 124 valence electrons. The van der Waals surface area contributed by atoms with Crippen molar-refractivity contribution in [2.24, 2.45) is 0 Å². The highest BCUT2D eigenvalue weighted by Crippen LogP contribution is 2.24. The van der Waals surface area contributed by atoms with Gasteiger partial charge < -0.3 is 9.15 Å². The zero-order valence-corrected chi connectivity index (χ0v) is 13.0. The molecule has 1 aliphatic carbocycles. The summed E-state index contributed by atoms with van der Waals surface area (Å²) in [6.07, 6.45) is 2.03. The molecule has 7 nitrogen and oxygen atoms in total. The Morgan fingerprint density at radius 3 is 2.67 bits per heavy atom. The van der Waals surface area contributed by atoms with Crippen molar-refractivity contribution in [3.05, 3.63) is 62.9 Å². The van der Waals surface area contributed by atoms with Crippen LogP contribution in [0.2, 0.25) is 0 Å². The summed E-state index contributed by atoms with van der Waals surface area (Å²) in [4.78, 5) is 34.1. The van der Waals surface area contributed by atoms with Crippen LogP contribution in [0.25, 0.3) is 0 Å². The molecule has 1 heterocycles. The summed E-state index contributed by atoms with van der Waals surface area (Å²) in [5.41, 5.74) is 2.89. The quantitative estimate of drug-likeness (QED) is 0.362. The zero-order chi connectivity index (χ0) is 17.3. The Labute approximate surface area is 137 Å². The molecule has 0 N–H and O–H groups in total. The number of hydrogen-bond donors (Lipinski definition) is 0. The molecule has 3 rings (SSSR count). The number of benzene rings is 1. The maximum atomic E-state index is 12.4. The predicted octanol–water partition coefficient (Wildman–Crippen LogP) is 3.10. The van der Waals surface area contributed by atoms with Gasteiger partial charge in [-0.05, 0) is 49.4 Å². The average Bonchev–Trinajstić information content (AvgIpc) is 3.22. The molecule has 1 aliphatic rings. The molecular formula is C17H15NO6. The summed E-state index contributed by atoms with van der Waals surface area (Å²) in [7, 11) is 0. The third-order valence-electron chi connectivity index (χ3n) is 4.01. The van der Waals surface area contributed by atoms with E-state index in [0.717, 1.165) is 37.0 Å². The third kappa shape index (κ3) is 3.05. The molecule has 0 spiro atoms. The first kappa shape index (κ1) is 15.9.